The fourth-order valence-electron chi connectivity index (χ4n) is 1.59. The third-order valence-corrected chi connectivity index (χ3v) is 4.79. The number of hydrogen-bond donors (Lipinski definition) is 1. The van der Waals surface area contributed by atoms with Gasteiger partial charge in [0.05, 0.1) is 33.7 Å². The number of alkyl halides is 4. The fraction of sp³-hybridized carbons (Fsp3) is 0.667. The van der Waals surface area contributed by atoms with Crippen molar-refractivity contribution >= 4 is 11.0 Å². The molecule has 0 bridgehead atoms. The Morgan fingerprint density at radius 3 is 2.38 bits per heavy atom. The summed E-state index contributed by atoms with van der Waals surface area (Å²) in [5, 5.41) is 0. The van der Waals surface area contributed by atoms with Crippen molar-refractivity contribution in [3.8, 4) is 5.75 Å². The molecule has 1 aromatic rings. The molecule has 1 N–H and O–H groups in total. The number of pyridine rings is 1. The van der Waals surface area contributed by atoms with Crippen molar-refractivity contribution in [1.29, 1.82) is 0 Å². The van der Waals surface area contributed by atoms with E-state index in [2.05, 4.69) is 9.71 Å². The highest BCUT2D eigenvalue weighted by atomic mass is 32.2. The minimum absolute atomic E-state index is 0.00298. The topological polar surface area (TPSA) is 51.2 Å². The number of halogens is 4. The van der Waals surface area contributed by atoms with Gasteiger partial charge >= 0.3 is 12.3 Å². The standard InChI is InChI=1S/C15H22F4N2O2S/c1-9-6-11(10(2)21-24(22)14(3,4)5)20-7-12(9)23-8-15(18,19)13(16)17/h6-7,10,13,21H,8H2,1-5H3/t10-,24?/m1/s1. The largest absolute Gasteiger partial charge is 0.485 e. The van der Waals surface area contributed by atoms with E-state index in [1.54, 1.807) is 19.9 Å². The molecule has 0 saturated heterocycles. The highest BCUT2D eigenvalue weighted by Crippen LogP contribution is 2.26. The Morgan fingerprint density at radius 1 is 1.33 bits per heavy atom. The molecule has 138 valence electrons. The Morgan fingerprint density at radius 2 is 1.92 bits per heavy atom. The molecule has 0 aliphatic heterocycles. The van der Waals surface area contributed by atoms with Crippen molar-refractivity contribution in [3.63, 3.8) is 0 Å². The summed E-state index contributed by atoms with van der Waals surface area (Å²) in [6.45, 7) is 7.39. The molecule has 1 unspecified atom stereocenters. The summed E-state index contributed by atoms with van der Waals surface area (Å²) in [5.74, 6) is -4.22. The van der Waals surface area contributed by atoms with Crippen molar-refractivity contribution in [3.05, 3.63) is 23.5 Å². The number of aryl methyl sites for hydroxylation is 1. The second-order valence-electron chi connectivity index (χ2n) is 6.45. The maximum absolute atomic E-state index is 12.9. The maximum atomic E-state index is 12.9. The lowest BCUT2D eigenvalue weighted by Gasteiger charge is -2.22. The van der Waals surface area contributed by atoms with Crippen LogP contribution in [-0.4, -0.2) is 32.9 Å². The second kappa shape index (κ2) is 7.77. The SMILES string of the molecule is Cc1cc([C@@H](C)NS(=O)C(C)(C)C)ncc1OCC(F)(F)C(F)F. The van der Waals surface area contributed by atoms with Crippen LogP contribution in [-0.2, 0) is 11.0 Å². The van der Waals surface area contributed by atoms with Crippen LogP contribution in [0.3, 0.4) is 0 Å². The molecule has 24 heavy (non-hydrogen) atoms. The molecule has 0 amide bonds. The lowest BCUT2D eigenvalue weighted by atomic mass is 10.1. The summed E-state index contributed by atoms with van der Waals surface area (Å²) < 4.78 is 69.3. The van der Waals surface area contributed by atoms with Crippen LogP contribution in [0.5, 0.6) is 5.75 Å². The average molecular weight is 370 g/mol. The van der Waals surface area contributed by atoms with E-state index in [1.807, 2.05) is 20.8 Å². The molecule has 4 nitrogen and oxygen atoms in total. The van der Waals surface area contributed by atoms with Crippen molar-refractivity contribution < 1.29 is 26.5 Å². The van der Waals surface area contributed by atoms with Gasteiger partial charge in [-0.15, -0.1) is 0 Å². The number of nitrogens with one attached hydrogen (secondary N) is 1. The molecular formula is C15H22F4N2O2S. The van der Waals surface area contributed by atoms with Crippen LogP contribution in [0.2, 0.25) is 0 Å². The van der Waals surface area contributed by atoms with Crippen LogP contribution in [0.25, 0.3) is 0 Å². The van der Waals surface area contributed by atoms with Gasteiger partial charge in [0.1, 0.15) is 5.75 Å². The molecule has 0 aliphatic carbocycles. The van der Waals surface area contributed by atoms with Gasteiger partial charge in [0.25, 0.3) is 0 Å². The Balaban J connectivity index is 2.79. The van der Waals surface area contributed by atoms with Gasteiger partial charge in [0.15, 0.2) is 6.61 Å². The maximum Gasteiger partial charge on any atom is 0.340 e. The normalized spacial score (nSPS) is 15.4. The summed E-state index contributed by atoms with van der Waals surface area (Å²) in [6.07, 6.45) is -2.59. The predicted octanol–water partition coefficient (Wildman–Crippen LogP) is 3.78. The van der Waals surface area contributed by atoms with E-state index in [4.69, 9.17) is 4.74 Å². The van der Waals surface area contributed by atoms with E-state index >= 15 is 0 Å². The number of ether oxygens (including phenoxy) is 1. The van der Waals surface area contributed by atoms with Gasteiger partial charge in [-0.05, 0) is 46.2 Å². The van der Waals surface area contributed by atoms with Crippen molar-refractivity contribution in [2.75, 3.05) is 6.61 Å². The van der Waals surface area contributed by atoms with Gasteiger partial charge in [-0.3, -0.25) is 4.98 Å². The number of hydrogen-bond acceptors (Lipinski definition) is 3. The second-order valence-corrected chi connectivity index (χ2v) is 8.44. The molecule has 1 aromatic heterocycles. The van der Waals surface area contributed by atoms with E-state index < -0.39 is 34.7 Å². The van der Waals surface area contributed by atoms with E-state index in [0.717, 1.165) is 0 Å². The predicted molar refractivity (Wildman–Crippen MR) is 84.9 cm³/mol. The molecule has 0 aromatic carbocycles. The molecule has 0 aliphatic rings. The minimum Gasteiger partial charge on any atom is -0.485 e. The molecule has 1 rings (SSSR count). The Hall–Kier alpha value is -1.22. The molecule has 2 atom stereocenters. The van der Waals surface area contributed by atoms with Gasteiger partial charge in [-0.25, -0.2) is 17.7 Å². The first-order valence-corrected chi connectivity index (χ1v) is 8.43. The van der Waals surface area contributed by atoms with Crippen LogP contribution in [0.15, 0.2) is 12.3 Å². The number of rotatable bonds is 7. The monoisotopic (exact) mass is 370 g/mol. The Kier molecular flexibility index (Phi) is 6.75. The van der Waals surface area contributed by atoms with Crippen LogP contribution >= 0.6 is 0 Å². The Bertz CT molecular complexity index is 591. The average Bonchev–Trinajstić information content (AvgIpc) is 2.44. The Labute approximate surface area is 141 Å². The zero-order valence-electron chi connectivity index (χ0n) is 14.2. The summed E-state index contributed by atoms with van der Waals surface area (Å²) in [7, 11) is -1.30. The molecule has 1 heterocycles. The van der Waals surface area contributed by atoms with Crippen molar-refractivity contribution in [2.24, 2.45) is 0 Å². The van der Waals surface area contributed by atoms with E-state index in [1.165, 1.54) is 6.20 Å². The lowest BCUT2D eigenvalue weighted by Crippen LogP contribution is -2.35. The highest BCUT2D eigenvalue weighted by Gasteiger charge is 2.41. The smallest absolute Gasteiger partial charge is 0.340 e. The van der Waals surface area contributed by atoms with Gasteiger partial charge in [-0.2, -0.15) is 8.78 Å². The number of nitrogens with zero attached hydrogens (tertiary/aromatic N) is 1. The van der Waals surface area contributed by atoms with Crippen LogP contribution in [0, 0.1) is 6.92 Å². The third-order valence-electron chi connectivity index (χ3n) is 3.11. The van der Waals surface area contributed by atoms with Crippen molar-refractivity contribution in [1.82, 2.24) is 9.71 Å². The van der Waals surface area contributed by atoms with Crippen LogP contribution < -0.4 is 9.46 Å². The zero-order chi connectivity index (χ0) is 18.7. The molecule has 0 fully saturated rings. The summed E-state index contributed by atoms with van der Waals surface area (Å²) in [6, 6.07) is 1.23. The lowest BCUT2D eigenvalue weighted by molar-refractivity contribution is -0.148. The number of aromatic nitrogens is 1. The summed E-state index contributed by atoms with van der Waals surface area (Å²) >= 11 is 0. The molecule has 0 spiro atoms. The molecular weight excluding hydrogens is 348 g/mol. The van der Waals surface area contributed by atoms with Gasteiger partial charge in [0.2, 0.25) is 0 Å². The van der Waals surface area contributed by atoms with Gasteiger partial charge < -0.3 is 4.74 Å². The van der Waals surface area contributed by atoms with E-state index in [0.29, 0.717) is 11.3 Å². The van der Waals surface area contributed by atoms with Crippen molar-refractivity contribution in [2.45, 2.75) is 57.8 Å². The first kappa shape index (κ1) is 20.8. The van der Waals surface area contributed by atoms with E-state index in [-0.39, 0.29) is 11.8 Å². The third kappa shape index (κ3) is 5.70. The van der Waals surface area contributed by atoms with Gasteiger partial charge in [-0.1, -0.05) is 0 Å². The van der Waals surface area contributed by atoms with Crippen LogP contribution in [0.4, 0.5) is 17.6 Å². The summed E-state index contributed by atoms with van der Waals surface area (Å²) in [4.78, 5) is 4.07. The first-order chi connectivity index (χ1) is 10.8. The summed E-state index contributed by atoms with van der Waals surface area (Å²) in [5.41, 5.74) is 1.01. The molecule has 0 radical (unpaired) electrons. The van der Waals surface area contributed by atoms with E-state index in [9.17, 15) is 21.8 Å². The van der Waals surface area contributed by atoms with Crippen LogP contribution in [0.1, 0.15) is 45.0 Å². The minimum atomic E-state index is -4.22. The fourth-order valence-corrected chi connectivity index (χ4v) is 2.38. The van der Waals surface area contributed by atoms with Gasteiger partial charge in [0, 0.05) is 0 Å². The first-order valence-electron chi connectivity index (χ1n) is 7.28. The zero-order valence-corrected chi connectivity index (χ0v) is 15.0. The highest BCUT2D eigenvalue weighted by molar-refractivity contribution is 7.84. The molecule has 9 heteroatoms. The molecule has 0 saturated carbocycles. The quantitative estimate of drug-likeness (QED) is 0.743.